The molecule has 3 heterocycles. The Kier molecular flexibility index (Phi) is 9.03. The van der Waals surface area contributed by atoms with Gasteiger partial charge in [-0.15, -0.1) is 0 Å². The highest BCUT2D eigenvalue weighted by molar-refractivity contribution is 5.66. The van der Waals surface area contributed by atoms with Gasteiger partial charge < -0.3 is 30.5 Å². The molecule has 4 N–H and O–H groups in total. The third-order valence-corrected chi connectivity index (χ3v) is 7.19. The first-order chi connectivity index (χ1) is 18.7. The van der Waals surface area contributed by atoms with E-state index in [1.807, 2.05) is 30.3 Å². The van der Waals surface area contributed by atoms with Crippen molar-refractivity contribution < 1.29 is 14.6 Å². The number of rotatable bonds is 11. The molecule has 38 heavy (non-hydrogen) atoms. The fraction of sp³-hybridized carbons (Fsp3) is 0.448. The van der Waals surface area contributed by atoms with Crippen LogP contribution in [0.3, 0.4) is 0 Å². The number of hydrogen-bond donors (Lipinski definition) is 3. The molecular weight excluding hydrogens is 480 g/mol. The number of nitrogens with two attached hydrogens (primary N) is 1. The zero-order valence-corrected chi connectivity index (χ0v) is 21.9. The molecule has 1 aromatic heterocycles. The number of anilines is 3. The van der Waals surface area contributed by atoms with Crippen LogP contribution in [-0.4, -0.2) is 78.6 Å². The normalized spacial score (nSPS) is 18.1. The van der Waals surface area contributed by atoms with Crippen molar-refractivity contribution in [3.05, 3.63) is 60.3 Å². The fourth-order valence-corrected chi connectivity index (χ4v) is 5.14. The standard InChI is InChI=1S/C29H38N6O3/c30-11-2-16-38-26-7-4-22(5-8-26)27-10-12-31-29(33-27)32-24-6-9-28(34-14-17-37-18-15-34)23(19-24)20-35-13-1-3-25(35)21-36/h4-10,12,19,25,36H,1-3,11,13-18,20-21,30H2,(H,31,32,33)/t25-/m0/s1. The first-order valence-corrected chi connectivity index (χ1v) is 13.6. The number of nitrogens with zero attached hydrogens (tertiary/aromatic N) is 4. The van der Waals surface area contributed by atoms with Gasteiger partial charge in [-0.05, 0) is 86.4 Å². The Morgan fingerprint density at radius 2 is 1.92 bits per heavy atom. The molecule has 2 aromatic carbocycles. The number of benzene rings is 2. The molecular formula is C29H38N6O3. The number of aromatic nitrogens is 2. The summed E-state index contributed by atoms with van der Waals surface area (Å²) in [7, 11) is 0. The van der Waals surface area contributed by atoms with Gasteiger partial charge in [-0.25, -0.2) is 9.97 Å². The Morgan fingerprint density at radius 3 is 2.71 bits per heavy atom. The summed E-state index contributed by atoms with van der Waals surface area (Å²) in [6.45, 7) is 6.48. The lowest BCUT2D eigenvalue weighted by atomic mass is 10.1. The van der Waals surface area contributed by atoms with Gasteiger partial charge in [0, 0.05) is 48.8 Å². The molecule has 9 nitrogen and oxygen atoms in total. The molecule has 0 spiro atoms. The van der Waals surface area contributed by atoms with E-state index >= 15 is 0 Å². The zero-order valence-electron chi connectivity index (χ0n) is 21.9. The molecule has 0 aliphatic carbocycles. The SMILES string of the molecule is NCCCOc1ccc(-c2ccnc(Nc3ccc(N4CCOCC4)c(CN4CCC[C@H]4CO)c3)n2)cc1. The second kappa shape index (κ2) is 13.0. The van der Waals surface area contributed by atoms with Gasteiger partial charge >= 0.3 is 0 Å². The molecule has 2 fully saturated rings. The van der Waals surface area contributed by atoms with Crippen LogP contribution in [0.2, 0.25) is 0 Å². The highest BCUT2D eigenvalue weighted by Crippen LogP contribution is 2.30. The summed E-state index contributed by atoms with van der Waals surface area (Å²) in [5, 5.41) is 13.3. The van der Waals surface area contributed by atoms with Crippen LogP contribution in [-0.2, 0) is 11.3 Å². The Labute approximate surface area is 224 Å². The molecule has 3 aromatic rings. The third kappa shape index (κ3) is 6.60. The van der Waals surface area contributed by atoms with Gasteiger partial charge in [0.1, 0.15) is 5.75 Å². The van der Waals surface area contributed by atoms with Crippen molar-refractivity contribution in [2.45, 2.75) is 31.8 Å². The van der Waals surface area contributed by atoms with Gasteiger partial charge in [-0.2, -0.15) is 0 Å². The van der Waals surface area contributed by atoms with Crippen molar-refractivity contribution >= 4 is 17.3 Å². The van der Waals surface area contributed by atoms with Crippen LogP contribution < -0.4 is 20.7 Å². The third-order valence-electron chi connectivity index (χ3n) is 7.19. The number of ether oxygens (including phenoxy) is 2. The Balaban J connectivity index is 1.33. The van der Waals surface area contributed by atoms with Crippen molar-refractivity contribution in [2.24, 2.45) is 5.73 Å². The molecule has 2 aliphatic rings. The van der Waals surface area contributed by atoms with Crippen molar-refractivity contribution in [2.75, 3.05) is 62.8 Å². The monoisotopic (exact) mass is 518 g/mol. The predicted molar refractivity (Wildman–Crippen MR) is 150 cm³/mol. The maximum atomic E-state index is 9.86. The summed E-state index contributed by atoms with van der Waals surface area (Å²) in [6.07, 6.45) is 4.77. The lowest BCUT2D eigenvalue weighted by Crippen LogP contribution is -2.38. The molecule has 1 atom stereocenters. The topological polar surface area (TPSA) is 109 Å². The molecule has 0 radical (unpaired) electrons. The molecule has 9 heteroatoms. The van der Waals surface area contributed by atoms with Gasteiger partial charge in [0.05, 0.1) is 32.1 Å². The highest BCUT2D eigenvalue weighted by atomic mass is 16.5. The van der Waals surface area contributed by atoms with Gasteiger partial charge in [0.2, 0.25) is 5.95 Å². The van der Waals surface area contributed by atoms with E-state index in [4.69, 9.17) is 20.2 Å². The van der Waals surface area contributed by atoms with Crippen LogP contribution >= 0.6 is 0 Å². The van der Waals surface area contributed by atoms with E-state index < -0.39 is 0 Å². The lowest BCUT2D eigenvalue weighted by molar-refractivity contribution is 0.122. The van der Waals surface area contributed by atoms with Crippen LogP contribution in [0.25, 0.3) is 11.3 Å². The smallest absolute Gasteiger partial charge is 0.227 e. The molecule has 0 saturated carbocycles. The van der Waals surface area contributed by atoms with E-state index in [0.29, 0.717) is 19.1 Å². The number of hydrogen-bond acceptors (Lipinski definition) is 9. The molecule has 202 valence electrons. The van der Waals surface area contributed by atoms with E-state index in [2.05, 4.69) is 38.3 Å². The second-order valence-electron chi connectivity index (χ2n) is 9.80. The van der Waals surface area contributed by atoms with Crippen LogP contribution in [0.15, 0.2) is 54.7 Å². The summed E-state index contributed by atoms with van der Waals surface area (Å²) in [5.41, 5.74) is 10.8. The minimum absolute atomic E-state index is 0.201. The van der Waals surface area contributed by atoms with Crippen molar-refractivity contribution in [1.82, 2.24) is 14.9 Å². The molecule has 2 aliphatic heterocycles. The number of morpholine rings is 1. The van der Waals surface area contributed by atoms with Crippen LogP contribution in [0.1, 0.15) is 24.8 Å². The van der Waals surface area contributed by atoms with Gasteiger partial charge in [0.25, 0.3) is 0 Å². The molecule has 0 unspecified atom stereocenters. The van der Waals surface area contributed by atoms with Crippen molar-refractivity contribution in [3.8, 4) is 17.0 Å². The number of likely N-dealkylation sites (tertiary alicyclic amines) is 1. The Morgan fingerprint density at radius 1 is 1.08 bits per heavy atom. The minimum atomic E-state index is 0.201. The minimum Gasteiger partial charge on any atom is -0.494 e. The molecule has 0 bridgehead atoms. The van der Waals surface area contributed by atoms with E-state index in [1.54, 1.807) is 6.20 Å². The van der Waals surface area contributed by atoms with E-state index in [9.17, 15) is 5.11 Å². The predicted octanol–water partition coefficient (Wildman–Crippen LogP) is 3.41. The van der Waals surface area contributed by atoms with Crippen molar-refractivity contribution in [1.29, 1.82) is 0 Å². The number of nitrogens with one attached hydrogen (secondary N) is 1. The molecule has 0 amide bonds. The maximum absolute atomic E-state index is 9.86. The summed E-state index contributed by atoms with van der Waals surface area (Å²) in [5.74, 6) is 1.37. The van der Waals surface area contributed by atoms with Gasteiger partial charge in [-0.1, -0.05) is 0 Å². The zero-order chi connectivity index (χ0) is 26.2. The molecule has 5 rings (SSSR count). The van der Waals surface area contributed by atoms with Crippen LogP contribution in [0.4, 0.5) is 17.3 Å². The quantitative estimate of drug-likeness (QED) is 0.329. The highest BCUT2D eigenvalue weighted by Gasteiger charge is 2.25. The van der Waals surface area contributed by atoms with Crippen LogP contribution in [0, 0.1) is 0 Å². The van der Waals surface area contributed by atoms with Crippen LogP contribution in [0.5, 0.6) is 5.75 Å². The molecule has 2 saturated heterocycles. The second-order valence-corrected chi connectivity index (χ2v) is 9.80. The van der Waals surface area contributed by atoms with Gasteiger partial charge in [0.15, 0.2) is 0 Å². The summed E-state index contributed by atoms with van der Waals surface area (Å²) < 4.78 is 11.3. The average Bonchev–Trinajstić information content (AvgIpc) is 3.41. The Hall–Kier alpha value is -3.24. The maximum Gasteiger partial charge on any atom is 0.227 e. The first kappa shape index (κ1) is 26.4. The number of aliphatic hydroxyl groups excluding tert-OH is 1. The van der Waals surface area contributed by atoms with E-state index in [1.165, 1.54) is 11.3 Å². The average molecular weight is 519 g/mol. The van der Waals surface area contributed by atoms with E-state index in [-0.39, 0.29) is 12.6 Å². The summed E-state index contributed by atoms with van der Waals surface area (Å²) >= 11 is 0. The Bertz CT molecular complexity index is 1170. The largest absolute Gasteiger partial charge is 0.494 e. The number of aliphatic hydroxyl groups is 1. The summed E-state index contributed by atoms with van der Waals surface area (Å²) in [4.78, 5) is 14.0. The van der Waals surface area contributed by atoms with Gasteiger partial charge in [-0.3, -0.25) is 4.90 Å². The van der Waals surface area contributed by atoms with Crippen molar-refractivity contribution in [3.63, 3.8) is 0 Å². The lowest BCUT2D eigenvalue weighted by Gasteiger charge is -2.32. The first-order valence-electron chi connectivity index (χ1n) is 13.6. The van der Waals surface area contributed by atoms with E-state index in [0.717, 1.165) is 81.3 Å². The fourth-order valence-electron chi connectivity index (χ4n) is 5.14. The summed E-state index contributed by atoms with van der Waals surface area (Å²) in [6, 6.07) is 16.5.